The molecule has 1 saturated heterocycles. The molecule has 1 aromatic rings. The Labute approximate surface area is 83.7 Å². The van der Waals surface area contributed by atoms with Gasteiger partial charge in [0.2, 0.25) is 0 Å². The van der Waals surface area contributed by atoms with Gasteiger partial charge in [0.15, 0.2) is 0 Å². The lowest BCUT2D eigenvalue weighted by Crippen LogP contribution is -2.42. The van der Waals surface area contributed by atoms with E-state index in [9.17, 15) is 0 Å². The van der Waals surface area contributed by atoms with Crippen molar-refractivity contribution in [2.24, 2.45) is 0 Å². The summed E-state index contributed by atoms with van der Waals surface area (Å²) in [7, 11) is 0. The molecule has 0 saturated carbocycles. The van der Waals surface area contributed by atoms with E-state index in [-0.39, 0.29) is 5.60 Å². The average molecular weight is 197 g/mol. The summed E-state index contributed by atoms with van der Waals surface area (Å²) in [5.74, 6) is 0. The van der Waals surface area contributed by atoms with Gasteiger partial charge in [0, 0.05) is 11.4 Å². The first kappa shape index (κ1) is 9.04. The van der Waals surface area contributed by atoms with E-state index >= 15 is 0 Å². The van der Waals surface area contributed by atoms with Crippen molar-refractivity contribution in [2.75, 3.05) is 6.61 Å². The molecule has 0 bridgehead atoms. The lowest BCUT2D eigenvalue weighted by Gasteiger charge is -2.38. The summed E-state index contributed by atoms with van der Waals surface area (Å²) < 4.78 is 5.52. The Morgan fingerprint density at radius 3 is 2.46 bits per heavy atom. The second-order valence-electron chi connectivity index (χ2n) is 3.85. The lowest BCUT2D eigenvalue weighted by atomic mass is 9.89. The molecule has 0 aromatic heterocycles. The summed E-state index contributed by atoms with van der Waals surface area (Å²) in [6.45, 7) is 3.06. The molecule has 1 atom stereocenters. The van der Waals surface area contributed by atoms with E-state index in [0.29, 0.717) is 0 Å². The molecule has 1 unspecified atom stereocenters. The van der Waals surface area contributed by atoms with Crippen LogP contribution in [0.25, 0.3) is 0 Å². The summed E-state index contributed by atoms with van der Waals surface area (Å²) in [4.78, 5) is 0. The fourth-order valence-electron chi connectivity index (χ4n) is 1.62. The maximum absolute atomic E-state index is 5.80. The van der Waals surface area contributed by atoms with E-state index in [2.05, 4.69) is 19.1 Å². The molecule has 0 radical (unpaired) electrons. The summed E-state index contributed by atoms with van der Waals surface area (Å²) in [5.41, 5.74) is 1.37. The predicted molar refractivity (Wildman–Crippen MR) is 54.1 cm³/mol. The summed E-state index contributed by atoms with van der Waals surface area (Å²) in [5, 5.41) is 0.795. The van der Waals surface area contributed by atoms with Crippen LogP contribution in [-0.4, -0.2) is 12.2 Å². The molecule has 1 aromatic carbocycles. The fourth-order valence-corrected chi connectivity index (χ4v) is 1.75. The number of benzene rings is 1. The van der Waals surface area contributed by atoms with Gasteiger partial charge in [-0.2, -0.15) is 0 Å². The van der Waals surface area contributed by atoms with Crippen LogP contribution in [-0.2, 0) is 11.2 Å². The van der Waals surface area contributed by atoms with Crippen LogP contribution in [0.4, 0.5) is 0 Å². The van der Waals surface area contributed by atoms with Gasteiger partial charge < -0.3 is 4.74 Å². The van der Waals surface area contributed by atoms with Crippen molar-refractivity contribution in [1.82, 2.24) is 0 Å². The van der Waals surface area contributed by atoms with Gasteiger partial charge in [-0.05, 0) is 31.0 Å². The predicted octanol–water partition coefficient (Wildman–Crippen LogP) is 3.06. The molecule has 2 rings (SSSR count). The number of ether oxygens (including phenoxy) is 1. The zero-order valence-electron chi connectivity index (χ0n) is 7.72. The van der Waals surface area contributed by atoms with E-state index in [1.54, 1.807) is 0 Å². The number of halogens is 1. The molecule has 13 heavy (non-hydrogen) atoms. The molecule has 1 aliphatic heterocycles. The van der Waals surface area contributed by atoms with Crippen molar-refractivity contribution in [3.05, 3.63) is 34.9 Å². The van der Waals surface area contributed by atoms with Gasteiger partial charge in [0.1, 0.15) is 0 Å². The summed E-state index contributed by atoms with van der Waals surface area (Å²) >= 11 is 5.80. The van der Waals surface area contributed by atoms with Crippen LogP contribution < -0.4 is 0 Å². The van der Waals surface area contributed by atoms with Gasteiger partial charge in [-0.15, -0.1) is 0 Å². The average Bonchev–Trinajstić information content (AvgIpc) is 2.06. The molecule has 0 aliphatic carbocycles. The van der Waals surface area contributed by atoms with Gasteiger partial charge >= 0.3 is 0 Å². The van der Waals surface area contributed by atoms with Crippen molar-refractivity contribution in [3.63, 3.8) is 0 Å². The Hall–Kier alpha value is -0.530. The van der Waals surface area contributed by atoms with Gasteiger partial charge in [0.25, 0.3) is 0 Å². The minimum absolute atomic E-state index is 0.0772. The van der Waals surface area contributed by atoms with E-state index in [1.807, 2.05) is 12.1 Å². The highest BCUT2D eigenvalue weighted by Crippen LogP contribution is 2.29. The number of rotatable bonds is 2. The molecule has 0 N–H and O–H groups in total. The summed E-state index contributed by atoms with van der Waals surface area (Å²) in [6, 6.07) is 7.99. The SMILES string of the molecule is CC1(Cc2ccc(Cl)cc2)CCO1. The fraction of sp³-hybridized carbons (Fsp3) is 0.455. The number of hydrogen-bond acceptors (Lipinski definition) is 1. The van der Waals surface area contributed by atoms with Crippen LogP contribution in [0.15, 0.2) is 24.3 Å². The third-order valence-electron chi connectivity index (χ3n) is 2.57. The molecule has 0 amide bonds. The van der Waals surface area contributed by atoms with Gasteiger partial charge in [-0.25, -0.2) is 0 Å². The Kier molecular flexibility index (Phi) is 2.31. The van der Waals surface area contributed by atoms with Crippen molar-refractivity contribution >= 4 is 11.6 Å². The normalized spacial score (nSPS) is 26.9. The maximum Gasteiger partial charge on any atom is 0.0716 e. The highest BCUT2D eigenvalue weighted by molar-refractivity contribution is 6.30. The summed E-state index contributed by atoms with van der Waals surface area (Å²) in [6.07, 6.45) is 2.15. The topological polar surface area (TPSA) is 9.23 Å². The molecule has 0 spiro atoms. The third-order valence-corrected chi connectivity index (χ3v) is 2.82. The highest BCUT2D eigenvalue weighted by atomic mass is 35.5. The monoisotopic (exact) mass is 196 g/mol. The van der Waals surface area contributed by atoms with E-state index in [0.717, 1.165) is 24.5 Å². The smallest absolute Gasteiger partial charge is 0.0716 e. The molecule has 1 heterocycles. The minimum Gasteiger partial charge on any atom is -0.375 e. The molecule has 1 nitrogen and oxygen atoms in total. The van der Waals surface area contributed by atoms with Crippen molar-refractivity contribution in [1.29, 1.82) is 0 Å². The van der Waals surface area contributed by atoms with E-state index in [4.69, 9.17) is 16.3 Å². The van der Waals surface area contributed by atoms with Crippen LogP contribution >= 0.6 is 11.6 Å². The third kappa shape index (κ3) is 2.04. The number of hydrogen-bond donors (Lipinski definition) is 0. The standard InChI is InChI=1S/C11H13ClO/c1-11(6-7-13-11)8-9-2-4-10(12)5-3-9/h2-5H,6-8H2,1H3. The van der Waals surface area contributed by atoms with Crippen LogP contribution in [0.3, 0.4) is 0 Å². The first-order chi connectivity index (χ1) is 6.18. The Morgan fingerprint density at radius 1 is 1.38 bits per heavy atom. The van der Waals surface area contributed by atoms with E-state index in [1.165, 1.54) is 5.56 Å². The molecule has 1 fully saturated rings. The van der Waals surface area contributed by atoms with Crippen molar-refractivity contribution in [2.45, 2.75) is 25.4 Å². The van der Waals surface area contributed by atoms with Crippen LogP contribution in [0.5, 0.6) is 0 Å². The second kappa shape index (κ2) is 3.32. The van der Waals surface area contributed by atoms with Crippen LogP contribution in [0.1, 0.15) is 18.9 Å². The Balaban J connectivity index is 2.05. The molecule has 2 heteroatoms. The first-order valence-electron chi connectivity index (χ1n) is 4.56. The molecule has 70 valence electrons. The largest absolute Gasteiger partial charge is 0.375 e. The van der Waals surface area contributed by atoms with Crippen molar-refractivity contribution < 1.29 is 4.74 Å². The lowest BCUT2D eigenvalue weighted by molar-refractivity contribution is -0.132. The molecule has 1 aliphatic rings. The quantitative estimate of drug-likeness (QED) is 0.707. The van der Waals surface area contributed by atoms with Gasteiger partial charge in [0.05, 0.1) is 12.2 Å². The Morgan fingerprint density at radius 2 is 2.00 bits per heavy atom. The second-order valence-corrected chi connectivity index (χ2v) is 4.29. The van der Waals surface area contributed by atoms with Crippen LogP contribution in [0.2, 0.25) is 5.02 Å². The van der Waals surface area contributed by atoms with E-state index < -0.39 is 0 Å². The molecular weight excluding hydrogens is 184 g/mol. The maximum atomic E-state index is 5.80. The highest BCUT2D eigenvalue weighted by Gasteiger charge is 2.32. The Bertz CT molecular complexity index is 287. The molecular formula is C11H13ClO. The minimum atomic E-state index is 0.0772. The van der Waals surface area contributed by atoms with Gasteiger partial charge in [-0.3, -0.25) is 0 Å². The van der Waals surface area contributed by atoms with Gasteiger partial charge in [-0.1, -0.05) is 23.7 Å². The first-order valence-corrected chi connectivity index (χ1v) is 4.94. The zero-order chi connectivity index (χ0) is 9.31. The van der Waals surface area contributed by atoms with Crippen LogP contribution in [0, 0.1) is 0 Å². The van der Waals surface area contributed by atoms with Crippen molar-refractivity contribution in [3.8, 4) is 0 Å². The zero-order valence-corrected chi connectivity index (χ0v) is 8.47.